The van der Waals surface area contributed by atoms with Gasteiger partial charge in [-0.05, 0) is 39.4 Å². The van der Waals surface area contributed by atoms with E-state index in [1.807, 2.05) is 43.1 Å². The van der Waals surface area contributed by atoms with Crippen LogP contribution in [0.2, 0.25) is 5.02 Å². The van der Waals surface area contributed by atoms with Crippen LogP contribution in [-0.2, 0) is 4.79 Å². The maximum Gasteiger partial charge on any atom is 0.310 e. The number of hydrogen-bond acceptors (Lipinski definition) is 2. The van der Waals surface area contributed by atoms with Crippen LogP contribution in [0.4, 0.5) is 0 Å². The Balaban J connectivity index is 2.83. The Morgan fingerprint density at radius 2 is 2.00 bits per heavy atom. The van der Waals surface area contributed by atoms with E-state index in [-0.39, 0.29) is 6.04 Å². The van der Waals surface area contributed by atoms with Gasteiger partial charge in [-0.15, -0.1) is 0 Å². The molecule has 0 aliphatic carbocycles. The summed E-state index contributed by atoms with van der Waals surface area (Å²) in [5.74, 6) is -0.791. The highest BCUT2D eigenvalue weighted by Crippen LogP contribution is 2.28. The number of hydrogen-bond donors (Lipinski definition) is 1. The summed E-state index contributed by atoms with van der Waals surface area (Å²) >= 11 is 6.15. The predicted molar refractivity (Wildman–Crippen MR) is 73.9 cm³/mol. The van der Waals surface area contributed by atoms with Gasteiger partial charge in [-0.1, -0.05) is 29.8 Å². The number of rotatable bonds is 5. The van der Waals surface area contributed by atoms with Crippen molar-refractivity contribution in [3.05, 3.63) is 34.9 Å². The minimum Gasteiger partial charge on any atom is -0.481 e. The molecule has 1 N–H and O–H groups in total. The van der Waals surface area contributed by atoms with E-state index in [2.05, 4.69) is 0 Å². The normalized spacial score (nSPS) is 13.7. The molecule has 0 amide bonds. The van der Waals surface area contributed by atoms with E-state index in [0.29, 0.717) is 11.6 Å². The summed E-state index contributed by atoms with van der Waals surface area (Å²) in [5, 5.41) is 9.86. The van der Waals surface area contributed by atoms with Crippen LogP contribution in [0, 0.1) is 5.41 Å². The van der Waals surface area contributed by atoms with E-state index in [1.54, 1.807) is 13.8 Å². The van der Waals surface area contributed by atoms with Crippen LogP contribution < -0.4 is 0 Å². The van der Waals surface area contributed by atoms with Gasteiger partial charge in [0, 0.05) is 17.6 Å². The molecule has 1 aromatic rings. The van der Waals surface area contributed by atoms with Crippen molar-refractivity contribution >= 4 is 17.6 Å². The number of halogens is 1. The minimum atomic E-state index is -0.791. The van der Waals surface area contributed by atoms with Gasteiger partial charge in [0.15, 0.2) is 0 Å². The maximum atomic E-state index is 11.1. The Kier molecular flexibility index (Phi) is 4.77. The maximum absolute atomic E-state index is 11.1. The summed E-state index contributed by atoms with van der Waals surface area (Å²) in [6.07, 6.45) is 0. The Hall–Kier alpha value is -1.06. The molecule has 0 saturated heterocycles. The van der Waals surface area contributed by atoms with Crippen LogP contribution in [0.5, 0.6) is 0 Å². The van der Waals surface area contributed by atoms with Crippen LogP contribution in [0.3, 0.4) is 0 Å². The van der Waals surface area contributed by atoms with Crippen LogP contribution in [-0.4, -0.2) is 29.6 Å². The fourth-order valence-electron chi connectivity index (χ4n) is 1.88. The van der Waals surface area contributed by atoms with Crippen molar-refractivity contribution in [2.24, 2.45) is 5.41 Å². The molecule has 1 aromatic carbocycles. The number of aliphatic carboxylic acids is 1. The number of carboxylic acid groups (broad SMARTS) is 1. The first-order valence-corrected chi connectivity index (χ1v) is 6.31. The molecular formula is C14H20ClNO2. The monoisotopic (exact) mass is 269 g/mol. The van der Waals surface area contributed by atoms with E-state index in [4.69, 9.17) is 16.7 Å². The van der Waals surface area contributed by atoms with Crippen LogP contribution >= 0.6 is 11.6 Å². The molecule has 18 heavy (non-hydrogen) atoms. The van der Waals surface area contributed by atoms with Crippen molar-refractivity contribution in [1.82, 2.24) is 4.90 Å². The Labute approximate surface area is 113 Å². The smallest absolute Gasteiger partial charge is 0.310 e. The molecule has 0 spiro atoms. The predicted octanol–water partition coefficient (Wildman–Crippen LogP) is 3.44. The van der Waals surface area contributed by atoms with E-state index in [0.717, 1.165) is 5.56 Å². The third-order valence-corrected chi connectivity index (χ3v) is 3.58. The molecular weight excluding hydrogens is 250 g/mol. The summed E-state index contributed by atoms with van der Waals surface area (Å²) < 4.78 is 0. The third-order valence-electron chi connectivity index (χ3n) is 3.24. The molecule has 1 unspecified atom stereocenters. The minimum absolute atomic E-state index is 0.0809. The van der Waals surface area contributed by atoms with Crippen LogP contribution in [0.25, 0.3) is 0 Å². The van der Waals surface area contributed by atoms with E-state index in [9.17, 15) is 4.79 Å². The van der Waals surface area contributed by atoms with Crippen molar-refractivity contribution in [1.29, 1.82) is 0 Å². The van der Waals surface area contributed by atoms with Crippen LogP contribution in [0.1, 0.15) is 32.4 Å². The lowest BCUT2D eigenvalue weighted by Crippen LogP contribution is -2.38. The summed E-state index contributed by atoms with van der Waals surface area (Å²) in [5.41, 5.74) is 0.243. The third kappa shape index (κ3) is 3.47. The number of benzene rings is 1. The van der Waals surface area contributed by atoms with Gasteiger partial charge in [0.05, 0.1) is 5.41 Å². The van der Waals surface area contributed by atoms with Crippen molar-refractivity contribution in [2.45, 2.75) is 26.8 Å². The average molecular weight is 270 g/mol. The molecule has 1 atom stereocenters. The van der Waals surface area contributed by atoms with Crippen molar-refractivity contribution < 1.29 is 9.90 Å². The molecule has 3 nitrogen and oxygen atoms in total. The lowest BCUT2D eigenvalue weighted by Gasteiger charge is -2.31. The molecule has 0 aliphatic heterocycles. The van der Waals surface area contributed by atoms with Crippen LogP contribution in [0.15, 0.2) is 24.3 Å². The highest BCUT2D eigenvalue weighted by molar-refractivity contribution is 6.31. The SMILES string of the molecule is CC(c1ccccc1Cl)N(C)CC(C)(C)C(=O)O. The molecule has 100 valence electrons. The first-order chi connectivity index (χ1) is 8.25. The summed E-state index contributed by atoms with van der Waals surface area (Å²) in [4.78, 5) is 13.1. The number of carbonyl (C=O) groups is 1. The molecule has 0 heterocycles. The highest BCUT2D eigenvalue weighted by Gasteiger charge is 2.30. The molecule has 0 radical (unpaired) electrons. The molecule has 0 saturated carbocycles. The van der Waals surface area contributed by atoms with Gasteiger partial charge >= 0.3 is 5.97 Å². The number of carboxylic acids is 1. The lowest BCUT2D eigenvalue weighted by molar-refractivity contribution is -0.148. The zero-order chi connectivity index (χ0) is 13.9. The number of nitrogens with zero attached hydrogens (tertiary/aromatic N) is 1. The van der Waals surface area contributed by atoms with Gasteiger partial charge in [-0.3, -0.25) is 9.69 Å². The second-order valence-electron chi connectivity index (χ2n) is 5.30. The average Bonchev–Trinajstić information content (AvgIpc) is 2.28. The van der Waals surface area contributed by atoms with Crippen molar-refractivity contribution in [3.63, 3.8) is 0 Å². The molecule has 0 bridgehead atoms. The van der Waals surface area contributed by atoms with Gasteiger partial charge in [-0.25, -0.2) is 0 Å². The zero-order valence-corrected chi connectivity index (χ0v) is 12.0. The van der Waals surface area contributed by atoms with Gasteiger partial charge in [0.2, 0.25) is 0 Å². The van der Waals surface area contributed by atoms with E-state index < -0.39 is 11.4 Å². The Morgan fingerprint density at radius 1 is 1.44 bits per heavy atom. The molecule has 1 rings (SSSR count). The topological polar surface area (TPSA) is 40.5 Å². The van der Waals surface area contributed by atoms with Crippen molar-refractivity contribution in [3.8, 4) is 0 Å². The molecule has 4 heteroatoms. The van der Waals surface area contributed by atoms with Gasteiger partial charge in [-0.2, -0.15) is 0 Å². The molecule has 0 fully saturated rings. The van der Waals surface area contributed by atoms with Gasteiger partial charge in [0.25, 0.3) is 0 Å². The van der Waals surface area contributed by atoms with E-state index >= 15 is 0 Å². The van der Waals surface area contributed by atoms with Gasteiger partial charge < -0.3 is 5.11 Å². The fourth-order valence-corrected chi connectivity index (χ4v) is 2.17. The van der Waals surface area contributed by atoms with Gasteiger partial charge in [0.1, 0.15) is 0 Å². The molecule has 0 aromatic heterocycles. The fraction of sp³-hybridized carbons (Fsp3) is 0.500. The highest BCUT2D eigenvalue weighted by atomic mass is 35.5. The van der Waals surface area contributed by atoms with Crippen molar-refractivity contribution in [2.75, 3.05) is 13.6 Å². The Morgan fingerprint density at radius 3 is 2.50 bits per heavy atom. The molecule has 0 aliphatic rings. The zero-order valence-electron chi connectivity index (χ0n) is 11.3. The second-order valence-corrected chi connectivity index (χ2v) is 5.71. The summed E-state index contributed by atoms with van der Waals surface area (Å²) in [7, 11) is 1.92. The standard InChI is InChI=1S/C14H20ClNO2/c1-10(11-7-5-6-8-12(11)15)16(4)9-14(2,3)13(17)18/h5-8,10H,9H2,1-4H3,(H,17,18). The first kappa shape index (κ1) is 15.0. The largest absolute Gasteiger partial charge is 0.481 e. The summed E-state index contributed by atoms with van der Waals surface area (Å²) in [6, 6.07) is 7.73. The first-order valence-electron chi connectivity index (χ1n) is 5.94. The second kappa shape index (κ2) is 5.72. The summed E-state index contributed by atoms with van der Waals surface area (Å²) in [6.45, 7) is 5.95. The Bertz CT molecular complexity index is 432. The lowest BCUT2D eigenvalue weighted by atomic mass is 9.92. The van der Waals surface area contributed by atoms with E-state index in [1.165, 1.54) is 0 Å². The quantitative estimate of drug-likeness (QED) is 0.890.